The average molecular weight is 245 g/mol. The lowest BCUT2D eigenvalue weighted by Gasteiger charge is -2.17. The Kier molecular flexibility index (Phi) is 3.79. The van der Waals surface area contributed by atoms with Gasteiger partial charge in [0.25, 0.3) is 0 Å². The van der Waals surface area contributed by atoms with Crippen LogP contribution in [0.5, 0.6) is 0 Å². The molecule has 0 spiro atoms. The predicted octanol–water partition coefficient (Wildman–Crippen LogP) is 0.524. The van der Waals surface area contributed by atoms with Gasteiger partial charge >= 0.3 is 5.97 Å². The minimum absolute atomic E-state index is 0.0958. The molecule has 0 aliphatic rings. The second-order valence-corrected chi connectivity index (χ2v) is 6.66. The van der Waals surface area contributed by atoms with Crippen molar-refractivity contribution < 1.29 is 14.1 Å². The fraction of sp³-hybridized carbons (Fsp3) is 0.667. The Morgan fingerprint density at radius 1 is 1.56 bits per heavy atom. The molecule has 0 radical (unpaired) electrons. The molecule has 1 N–H and O–H groups in total. The van der Waals surface area contributed by atoms with Crippen LogP contribution in [0.1, 0.15) is 31.3 Å². The fourth-order valence-corrected chi connectivity index (χ4v) is 1.95. The first-order valence-corrected chi connectivity index (χ1v) is 6.14. The Bertz CT molecular complexity index is 408. The van der Waals surface area contributed by atoms with E-state index in [9.17, 15) is 9.00 Å². The maximum Gasteiger partial charge on any atom is 0.358 e. The first-order valence-electron chi connectivity index (χ1n) is 4.82. The minimum Gasteiger partial charge on any atom is -0.476 e. The minimum atomic E-state index is -1.11. The van der Waals surface area contributed by atoms with Gasteiger partial charge in [0.1, 0.15) is 0 Å². The van der Waals surface area contributed by atoms with Crippen LogP contribution in [0.4, 0.5) is 0 Å². The summed E-state index contributed by atoms with van der Waals surface area (Å²) >= 11 is 0. The molecule has 1 heterocycles. The summed E-state index contributed by atoms with van der Waals surface area (Å²) < 4.78 is 12.8. The molecule has 0 aliphatic carbocycles. The molecule has 1 aromatic heterocycles. The van der Waals surface area contributed by atoms with Crippen molar-refractivity contribution in [3.63, 3.8) is 0 Å². The molecular formula is C9H15N3O3S. The molecule has 1 unspecified atom stereocenters. The third-order valence-corrected chi connectivity index (χ3v) is 3.87. The van der Waals surface area contributed by atoms with Crippen molar-refractivity contribution >= 4 is 16.8 Å². The first kappa shape index (κ1) is 12.8. The summed E-state index contributed by atoms with van der Waals surface area (Å²) in [5.74, 6) is -0.672. The lowest BCUT2D eigenvalue weighted by atomic mass is 10.3. The van der Waals surface area contributed by atoms with E-state index in [1.54, 1.807) is 0 Å². The standard InChI is InChI=1S/C9H15N3O3S/c1-9(2,3)16(15)5-4-12-6-7(8(13)14)10-11-12/h6H,4-5H2,1-3H3,(H,13,14). The topological polar surface area (TPSA) is 85.1 Å². The van der Waals surface area contributed by atoms with Crippen LogP contribution in [-0.2, 0) is 17.3 Å². The quantitative estimate of drug-likeness (QED) is 0.836. The van der Waals surface area contributed by atoms with Gasteiger partial charge in [-0.1, -0.05) is 5.21 Å². The summed E-state index contributed by atoms with van der Waals surface area (Å²) in [7, 11) is -0.975. The number of aromatic nitrogens is 3. The molecular weight excluding hydrogens is 230 g/mol. The molecule has 1 rings (SSSR count). The van der Waals surface area contributed by atoms with E-state index in [0.717, 1.165) is 0 Å². The molecule has 1 aromatic rings. The van der Waals surface area contributed by atoms with E-state index in [1.165, 1.54) is 10.9 Å². The number of aryl methyl sites for hydroxylation is 1. The Hall–Kier alpha value is -1.24. The van der Waals surface area contributed by atoms with Gasteiger partial charge in [-0.25, -0.2) is 4.79 Å². The SMILES string of the molecule is CC(C)(C)S(=O)CCn1cc(C(=O)O)nn1. The monoisotopic (exact) mass is 245 g/mol. The van der Waals surface area contributed by atoms with E-state index in [0.29, 0.717) is 12.3 Å². The van der Waals surface area contributed by atoms with Crippen molar-refractivity contribution in [2.24, 2.45) is 0 Å². The maximum atomic E-state index is 11.7. The van der Waals surface area contributed by atoms with Gasteiger partial charge in [0.05, 0.1) is 12.7 Å². The zero-order valence-electron chi connectivity index (χ0n) is 9.51. The van der Waals surface area contributed by atoms with Crippen LogP contribution >= 0.6 is 0 Å². The molecule has 0 aliphatic heterocycles. The normalized spacial score (nSPS) is 13.7. The van der Waals surface area contributed by atoms with Crippen molar-refractivity contribution in [3.8, 4) is 0 Å². The molecule has 1 atom stereocenters. The van der Waals surface area contributed by atoms with Gasteiger partial charge in [-0.2, -0.15) is 0 Å². The van der Waals surface area contributed by atoms with Crippen LogP contribution in [-0.4, -0.2) is 40.8 Å². The lowest BCUT2D eigenvalue weighted by Crippen LogP contribution is -2.26. The average Bonchev–Trinajstić information content (AvgIpc) is 2.60. The summed E-state index contributed by atoms with van der Waals surface area (Å²) in [6.07, 6.45) is 1.34. The number of carbonyl (C=O) groups is 1. The third-order valence-electron chi connectivity index (χ3n) is 1.95. The summed E-state index contributed by atoms with van der Waals surface area (Å²) in [6, 6.07) is 0. The van der Waals surface area contributed by atoms with Crippen molar-refractivity contribution in [2.75, 3.05) is 5.75 Å². The molecule has 0 aromatic carbocycles. The molecule has 90 valence electrons. The number of nitrogens with zero attached hydrogens (tertiary/aromatic N) is 3. The molecule has 0 fully saturated rings. The van der Waals surface area contributed by atoms with Gasteiger partial charge in [-0.05, 0) is 20.8 Å². The van der Waals surface area contributed by atoms with Crippen LogP contribution in [0.15, 0.2) is 6.20 Å². The van der Waals surface area contributed by atoms with Crippen molar-refractivity contribution in [1.29, 1.82) is 0 Å². The third kappa shape index (κ3) is 3.41. The summed E-state index contributed by atoms with van der Waals surface area (Å²) in [6.45, 7) is 6.09. The van der Waals surface area contributed by atoms with E-state index < -0.39 is 16.8 Å². The molecule has 0 bridgehead atoms. The van der Waals surface area contributed by atoms with E-state index in [-0.39, 0.29) is 10.4 Å². The van der Waals surface area contributed by atoms with Gasteiger partial charge < -0.3 is 5.11 Å². The van der Waals surface area contributed by atoms with Crippen LogP contribution in [0.3, 0.4) is 0 Å². The summed E-state index contributed by atoms with van der Waals surface area (Å²) in [4.78, 5) is 10.5. The van der Waals surface area contributed by atoms with Gasteiger partial charge in [0.15, 0.2) is 5.69 Å². The highest BCUT2D eigenvalue weighted by molar-refractivity contribution is 7.86. The van der Waals surface area contributed by atoms with Gasteiger partial charge in [0.2, 0.25) is 0 Å². The largest absolute Gasteiger partial charge is 0.476 e. The van der Waals surface area contributed by atoms with Gasteiger partial charge in [0, 0.05) is 21.3 Å². The highest BCUT2D eigenvalue weighted by atomic mass is 32.2. The smallest absolute Gasteiger partial charge is 0.358 e. The predicted molar refractivity (Wildman–Crippen MR) is 59.7 cm³/mol. The molecule has 6 nitrogen and oxygen atoms in total. The van der Waals surface area contributed by atoms with Crippen molar-refractivity contribution in [2.45, 2.75) is 32.1 Å². The van der Waals surface area contributed by atoms with Gasteiger partial charge in [-0.15, -0.1) is 5.10 Å². The van der Waals surface area contributed by atoms with Crippen LogP contribution in [0.25, 0.3) is 0 Å². The Morgan fingerprint density at radius 3 is 2.62 bits per heavy atom. The highest BCUT2D eigenvalue weighted by Crippen LogP contribution is 2.11. The molecule has 0 saturated carbocycles. The fourth-order valence-electron chi connectivity index (χ4n) is 0.988. The van der Waals surface area contributed by atoms with Crippen LogP contribution in [0.2, 0.25) is 0 Å². The summed E-state index contributed by atoms with van der Waals surface area (Å²) in [5.41, 5.74) is -0.0958. The number of carboxylic acid groups (broad SMARTS) is 1. The Labute approximate surface area is 96.1 Å². The van der Waals surface area contributed by atoms with Crippen LogP contribution < -0.4 is 0 Å². The Balaban J connectivity index is 2.55. The van der Waals surface area contributed by atoms with Crippen molar-refractivity contribution in [3.05, 3.63) is 11.9 Å². The number of hydrogen-bond acceptors (Lipinski definition) is 4. The second-order valence-electron chi connectivity index (χ2n) is 4.33. The van der Waals surface area contributed by atoms with E-state index >= 15 is 0 Å². The number of carboxylic acids is 1. The molecule has 7 heteroatoms. The highest BCUT2D eigenvalue weighted by Gasteiger charge is 2.19. The van der Waals surface area contributed by atoms with Crippen LogP contribution in [0, 0.1) is 0 Å². The number of rotatable bonds is 4. The van der Waals surface area contributed by atoms with E-state index in [1.807, 2.05) is 20.8 Å². The van der Waals surface area contributed by atoms with Gasteiger partial charge in [-0.3, -0.25) is 8.89 Å². The molecule has 0 amide bonds. The Morgan fingerprint density at radius 2 is 2.19 bits per heavy atom. The lowest BCUT2D eigenvalue weighted by molar-refractivity contribution is 0.0690. The second kappa shape index (κ2) is 4.73. The summed E-state index contributed by atoms with van der Waals surface area (Å²) in [5, 5.41) is 15.7. The zero-order chi connectivity index (χ0) is 12.3. The number of hydrogen-bond donors (Lipinski definition) is 1. The zero-order valence-corrected chi connectivity index (χ0v) is 10.3. The maximum absolute atomic E-state index is 11.7. The number of aromatic carboxylic acids is 1. The van der Waals surface area contributed by atoms with E-state index in [2.05, 4.69) is 10.3 Å². The molecule has 16 heavy (non-hydrogen) atoms. The van der Waals surface area contributed by atoms with E-state index in [4.69, 9.17) is 5.11 Å². The first-order chi connectivity index (χ1) is 7.30. The molecule has 0 saturated heterocycles. The van der Waals surface area contributed by atoms with Crippen molar-refractivity contribution in [1.82, 2.24) is 15.0 Å².